The lowest BCUT2D eigenvalue weighted by Crippen LogP contribution is -2.42. The van der Waals surface area contributed by atoms with Gasteiger partial charge in [0, 0.05) is 19.6 Å². The van der Waals surface area contributed by atoms with E-state index in [4.69, 9.17) is 5.26 Å². The average Bonchev–Trinajstić information content (AvgIpc) is 2.49. The zero-order valence-electron chi connectivity index (χ0n) is 13.7. The molecule has 1 saturated heterocycles. The molecule has 0 amide bonds. The number of nitrogens with zero attached hydrogens (tertiary/aromatic N) is 3. The van der Waals surface area contributed by atoms with Gasteiger partial charge in [0.05, 0.1) is 17.7 Å². The molecule has 120 valence electrons. The Kier molecular flexibility index (Phi) is 6.38. The van der Waals surface area contributed by atoms with Crippen LogP contribution < -0.4 is 0 Å². The van der Waals surface area contributed by atoms with E-state index in [0.717, 1.165) is 37.7 Å². The fraction of sp³-hybridized carbons (Fsp3) is 0.611. The minimum Gasteiger partial charge on any atom is -0.390 e. The van der Waals surface area contributed by atoms with Crippen molar-refractivity contribution in [1.82, 2.24) is 9.80 Å². The van der Waals surface area contributed by atoms with Crippen molar-refractivity contribution in [3.05, 3.63) is 35.4 Å². The van der Waals surface area contributed by atoms with E-state index in [2.05, 4.69) is 22.8 Å². The van der Waals surface area contributed by atoms with E-state index in [9.17, 15) is 5.11 Å². The molecule has 1 aliphatic rings. The van der Waals surface area contributed by atoms with E-state index in [0.29, 0.717) is 12.1 Å². The van der Waals surface area contributed by atoms with Crippen LogP contribution in [0.1, 0.15) is 30.9 Å². The second-order valence-corrected chi connectivity index (χ2v) is 6.65. The Bertz CT molecular complexity index is 503. The lowest BCUT2D eigenvalue weighted by molar-refractivity contribution is 0.0662. The van der Waals surface area contributed by atoms with Crippen LogP contribution in [0.4, 0.5) is 0 Å². The van der Waals surface area contributed by atoms with Gasteiger partial charge in [0.1, 0.15) is 0 Å². The molecule has 4 nitrogen and oxygen atoms in total. The van der Waals surface area contributed by atoms with E-state index in [-0.39, 0.29) is 6.10 Å². The van der Waals surface area contributed by atoms with Crippen LogP contribution in [0.5, 0.6) is 0 Å². The van der Waals surface area contributed by atoms with Crippen LogP contribution in [0, 0.1) is 17.2 Å². The second kappa shape index (κ2) is 8.28. The summed E-state index contributed by atoms with van der Waals surface area (Å²) in [5.74, 6) is 0.823. The van der Waals surface area contributed by atoms with Gasteiger partial charge in [-0.25, -0.2) is 0 Å². The molecule has 4 heteroatoms. The molecule has 1 aromatic carbocycles. The molecule has 1 heterocycles. The maximum absolute atomic E-state index is 10.3. The van der Waals surface area contributed by atoms with E-state index in [1.807, 2.05) is 31.3 Å². The molecule has 1 aliphatic heterocycles. The zero-order chi connectivity index (χ0) is 15.9. The van der Waals surface area contributed by atoms with Crippen molar-refractivity contribution in [3.63, 3.8) is 0 Å². The van der Waals surface area contributed by atoms with Crippen molar-refractivity contribution < 1.29 is 5.11 Å². The Hall–Kier alpha value is -1.41. The standard InChI is InChI=1S/C18H27N3O/c1-15-6-8-21(9-7-15)14-18(22)13-20(2)12-17-5-3-4-16(10-17)11-19/h3-5,10,15,18,22H,6-9,12-14H2,1-2H3. The summed E-state index contributed by atoms with van der Waals surface area (Å²) < 4.78 is 0. The number of likely N-dealkylation sites (N-methyl/N-ethyl adjacent to an activating group) is 1. The number of likely N-dealkylation sites (tertiary alicyclic amines) is 1. The minimum atomic E-state index is -0.322. The predicted molar refractivity (Wildman–Crippen MR) is 88.3 cm³/mol. The van der Waals surface area contributed by atoms with E-state index in [1.165, 1.54) is 12.8 Å². The monoisotopic (exact) mass is 301 g/mol. The summed E-state index contributed by atoms with van der Waals surface area (Å²) in [7, 11) is 2.01. The van der Waals surface area contributed by atoms with Gasteiger partial charge in [0.2, 0.25) is 0 Å². The fourth-order valence-electron chi connectivity index (χ4n) is 3.08. The summed E-state index contributed by atoms with van der Waals surface area (Å²) in [6.07, 6.45) is 2.16. The van der Waals surface area contributed by atoms with Gasteiger partial charge in [-0.2, -0.15) is 5.26 Å². The van der Waals surface area contributed by atoms with Gasteiger partial charge >= 0.3 is 0 Å². The van der Waals surface area contributed by atoms with Gasteiger partial charge in [-0.3, -0.25) is 4.90 Å². The number of rotatable bonds is 6. The third-order valence-corrected chi connectivity index (χ3v) is 4.38. The molecule has 0 spiro atoms. The summed E-state index contributed by atoms with van der Waals surface area (Å²) in [6, 6.07) is 9.82. The molecule has 1 unspecified atom stereocenters. The smallest absolute Gasteiger partial charge is 0.0991 e. The van der Waals surface area contributed by atoms with Crippen molar-refractivity contribution in [2.24, 2.45) is 5.92 Å². The van der Waals surface area contributed by atoms with Crippen LogP contribution in [-0.4, -0.2) is 54.2 Å². The summed E-state index contributed by atoms with van der Waals surface area (Å²) in [5, 5.41) is 19.2. The maximum atomic E-state index is 10.3. The van der Waals surface area contributed by atoms with Crippen LogP contribution in [0.3, 0.4) is 0 Å². The van der Waals surface area contributed by atoms with Crippen LogP contribution in [0.15, 0.2) is 24.3 Å². The molecule has 1 aromatic rings. The highest BCUT2D eigenvalue weighted by Gasteiger charge is 2.19. The van der Waals surface area contributed by atoms with E-state index >= 15 is 0 Å². The number of β-amino-alcohol motifs (C(OH)–C–C–N with tert-alkyl or cyclic N) is 1. The number of aliphatic hydroxyl groups excluding tert-OH is 1. The summed E-state index contributed by atoms with van der Waals surface area (Å²) >= 11 is 0. The molecular formula is C18H27N3O. The Balaban J connectivity index is 1.76. The highest BCUT2D eigenvalue weighted by molar-refractivity contribution is 5.32. The van der Waals surface area contributed by atoms with Gasteiger partial charge in [-0.05, 0) is 56.6 Å². The van der Waals surface area contributed by atoms with Crippen LogP contribution in [0.2, 0.25) is 0 Å². The third-order valence-electron chi connectivity index (χ3n) is 4.38. The minimum absolute atomic E-state index is 0.322. The first kappa shape index (κ1) is 17.0. The molecule has 1 atom stereocenters. The lowest BCUT2D eigenvalue weighted by atomic mass is 9.99. The Labute approximate surface area is 134 Å². The number of nitriles is 1. The van der Waals surface area contributed by atoms with Gasteiger partial charge < -0.3 is 10.0 Å². The van der Waals surface area contributed by atoms with Gasteiger partial charge in [0.25, 0.3) is 0 Å². The number of hydrogen-bond donors (Lipinski definition) is 1. The number of aliphatic hydroxyl groups is 1. The van der Waals surface area contributed by atoms with Crippen LogP contribution in [-0.2, 0) is 6.54 Å². The topological polar surface area (TPSA) is 50.5 Å². The Morgan fingerprint density at radius 1 is 1.41 bits per heavy atom. The highest BCUT2D eigenvalue weighted by Crippen LogP contribution is 2.16. The highest BCUT2D eigenvalue weighted by atomic mass is 16.3. The number of benzene rings is 1. The first-order valence-corrected chi connectivity index (χ1v) is 8.15. The molecule has 0 aromatic heterocycles. The average molecular weight is 301 g/mol. The number of hydrogen-bond acceptors (Lipinski definition) is 4. The molecule has 2 rings (SSSR count). The van der Waals surface area contributed by atoms with Crippen molar-refractivity contribution in [2.75, 3.05) is 33.2 Å². The quantitative estimate of drug-likeness (QED) is 0.874. The Morgan fingerprint density at radius 3 is 2.82 bits per heavy atom. The molecule has 22 heavy (non-hydrogen) atoms. The first-order valence-electron chi connectivity index (χ1n) is 8.15. The van der Waals surface area contributed by atoms with Crippen molar-refractivity contribution in [1.29, 1.82) is 5.26 Å². The van der Waals surface area contributed by atoms with Gasteiger partial charge in [-0.1, -0.05) is 19.1 Å². The maximum Gasteiger partial charge on any atom is 0.0991 e. The second-order valence-electron chi connectivity index (χ2n) is 6.65. The number of piperidine rings is 1. The lowest BCUT2D eigenvalue weighted by Gasteiger charge is -2.32. The molecule has 0 saturated carbocycles. The van der Waals surface area contributed by atoms with Crippen LogP contribution >= 0.6 is 0 Å². The fourth-order valence-corrected chi connectivity index (χ4v) is 3.08. The van der Waals surface area contributed by atoms with Crippen LogP contribution in [0.25, 0.3) is 0 Å². The van der Waals surface area contributed by atoms with Gasteiger partial charge in [-0.15, -0.1) is 0 Å². The van der Waals surface area contributed by atoms with Crippen molar-refractivity contribution in [2.45, 2.75) is 32.4 Å². The first-order chi connectivity index (χ1) is 10.6. The largest absolute Gasteiger partial charge is 0.390 e. The Morgan fingerprint density at radius 2 is 2.14 bits per heavy atom. The zero-order valence-corrected chi connectivity index (χ0v) is 13.7. The third kappa shape index (κ3) is 5.42. The summed E-state index contributed by atoms with van der Waals surface area (Å²) in [6.45, 7) is 6.68. The normalized spacial score (nSPS) is 18.3. The molecule has 0 bridgehead atoms. The molecule has 1 fully saturated rings. The van der Waals surface area contributed by atoms with Gasteiger partial charge in [0.15, 0.2) is 0 Å². The molecule has 0 radical (unpaired) electrons. The van der Waals surface area contributed by atoms with Crippen molar-refractivity contribution >= 4 is 0 Å². The molecule has 0 aliphatic carbocycles. The molecule has 1 N–H and O–H groups in total. The predicted octanol–water partition coefficient (Wildman–Crippen LogP) is 2.08. The summed E-state index contributed by atoms with van der Waals surface area (Å²) in [4.78, 5) is 4.49. The molecular weight excluding hydrogens is 274 g/mol. The SMILES string of the molecule is CC1CCN(CC(O)CN(C)Cc2cccc(C#N)c2)CC1. The van der Waals surface area contributed by atoms with E-state index < -0.39 is 0 Å². The van der Waals surface area contributed by atoms with Crippen molar-refractivity contribution in [3.8, 4) is 6.07 Å². The van der Waals surface area contributed by atoms with E-state index in [1.54, 1.807) is 0 Å². The summed E-state index contributed by atoms with van der Waals surface area (Å²) in [5.41, 5.74) is 1.80.